The zero-order valence-electron chi connectivity index (χ0n) is 16.3. The van der Waals surface area contributed by atoms with Crippen LogP contribution in [0.3, 0.4) is 0 Å². The first-order valence-corrected chi connectivity index (χ1v) is 10.3. The van der Waals surface area contributed by atoms with Gasteiger partial charge in [0.05, 0.1) is 6.54 Å². The molecule has 6 nitrogen and oxygen atoms in total. The predicted octanol–water partition coefficient (Wildman–Crippen LogP) is 2.89. The fourth-order valence-corrected chi connectivity index (χ4v) is 4.51. The van der Waals surface area contributed by atoms with Crippen molar-refractivity contribution in [3.8, 4) is 5.75 Å². The molecule has 0 spiro atoms. The SMILES string of the molecule is Cn1c(CN2CCCCC2)nnc1[C@@H]1CCCN(Cc2cccc(O)c2)C1. The fourth-order valence-electron chi connectivity index (χ4n) is 4.51. The van der Waals surface area contributed by atoms with E-state index in [0.29, 0.717) is 11.7 Å². The van der Waals surface area contributed by atoms with Crippen molar-refractivity contribution in [1.82, 2.24) is 24.6 Å². The summed E-state index contributed by atoms with van der Waals surface area (Å²) in [4.78, 5) is 4.98. The second-order valence-corrected chi connectivity index (χ2v) is 8.11. The van der Waals surface area contributed by atoms with Crippen LogP contribution in [0.15, 0.2) is 24.3 Å². The number of hydrogen-bond acceptors (Lipinski definition) is 5. The lowest BCUT2D eigenvalue weighted by Gasteiger charge is -2.32. The fraction of sp³-hybridized carbons (Fsp3) is 0.619. The van der Waals surface area contributed by atoms with Crippen LogP contribution in [-0.4, -0.2) is 55.8 Å². The number of likely N-dealkylation sites (tertiary alicyclic amines) is 2. The molecule has 0 radical (unpaired) electrons. The maximum absolute atomic E-state index is 9.70. The maximum atomic E-state index is 9.70. The summed E-state index contributed by atoms with van der Waals surface area (Å²) in [6.45, 7) is 6.27. The van der Waals surface area contributed by atoms with Gasteiger partial charge in [0, 0.05) is 26.1 Å². The van der Waals surface area contributed by atoms with E-state index in [1.807, 2.05) is 12.1 Å². The summed E-state index contributed by atoms with van der Waals surface area (Å²) in [6, 6.07) is 7.60. The van der Waals surface area contributed by atoms with E-state index in [2.05, 4.69) is 37.7 Å². The summed E-state index contributed by atoms with van der Waals surface area (Å²) in [5.74, 6) is 3.00. The number of benzene rings is 1. The molecule has 2 saturated heterocycles. The average molecular weight is 370 g/mol. The van der Waals surface area contributed by atoms with Crippen molar-refractivity contribution in [3.63, 3.8) is 0 Å². The Morgan fingerprint density at radius 2 is 1.81 bits per heavy atom. The van der Waals surface area contributed by atoms with Gasteiger partial charge in [-0.2, -0.15) is 0 Å². The monoisotopic (exact) mass is 369 g/mol. The number of rotatable bonds is 5. The Morgan fingerprint density at radius 3 is 2.63 bits per heavy atom. The normalized spacial score (nSPS) is 22.2. The van der Waals surface area contributed by atoms with Crippen LogP contribution in [0, 0.1) is 0 Å². The van der Waals surface area contributed by atoms with Gasteiger partial charge in [-0.05, 0) is 63.0 Å². The zero-order chi connectivity index (χ0) is 18.6. The molecule has 1 atom stereocenters. The molecule has 1 aromatic carbocycles. The van der Waals surface area contributed by atoms with E-state index >= 15 is 0 Å². The summed E-state index contributed by atoms with van der Waals surface area (Å²) in [6.07, 6.45) is 6.32. The van der Waals surface area contributed by atoms with Gasteiger partial charge in [0.2, 0.25) is 0 Å². The maximum Gasteiger partial charge on any atom is 0.146 e. The third-order valence-corrected chi connectivity index (χ3v) is 6.00. The minimum Gasteiger partial charge on any atom is -0.508 e. The first-order valence-electron chi connectivity index (χ1n) is 10.3. The molecule has 3 heterocycles. The van der Waals surface area contributed by atoms with Crippen molar-refractivity contribution in [1.29, 1.82) is 0 Å². The van der Waals surface area contributed by atoms with E-state index in [-0.39, 0.29) is 0 Å². The lowest BCUT2D eigenvalue weighted by Crippen LogP contribution is -2.35. The quantitative estimate of drug-likeness (QED) is 0.878. The third kappa shape index (κ3) is 4.50. The van der Waals surface area contributed by atoms with Gasteiger partial charge in [0.1, 0.15) is 17.4 Å². The molecular weight excluding hydrogens is 338 g/mol. The van der Waals surface area contributed by atoms with E-state index in [1.54, 1.807) is 6.07 Å². The molecule has 1 N–H and O–H groups in total. The van der Waals surface area contributed by atoms with Gasteiger partial charge in [0.15, 0.2) is 0 Å². The van der Waals surface area contributed by atoms with Crippen LogP contribution in [0.25, 0.3) is 0 Å². The molecule has 2 aliphatic rings. The van der Waals surface area contributed by atoms with Crippen molar-refractivity contribution in [2.24, 2.45) is 7.05 Å². The number of piperidine rings is 2. The van der Waals surface area contributed by atoms with Crippen LogP contribution in [0.4, 0.5) is 0 Å². The standard InChI is InChI=1S/C21H31N5O/c1-24-20(16-25-10-3-2-4-11-25)22-23-21(24)18-8-6-12-26(15-18)14-17-7-5-9-19(27)13-17/h5,7,9,13,18,27H,2-4,6,8,10-12,14-16H2,1H3/t18-/m1/s1. The number of phenols is 1. The summed E-state index contributed by atoms with van der Waals surface area (Å²) >= 11 is 0. The second-order valence-electron chi connectivity index (χ2n) is 8.11. The van der Waals surface area contributed by atoms with E-state index < -0.39 is 0 Å². The van der Waals surface area contributed by atoms with Gasteiger partial charge in [-0.1, -0.05) is 18.6 Å². The van der Waals surface area contributed by atoms with Crippen molar-refractivity contribution < 1.29 is 5.11 Å². The Labute approximate surface area is 161 Å². The highest BCUT2D eigenvalue weighted by molar-refractivity contribution is 5.27. The molecule has 27 heavy (non-hydrogen) atoms. The first-order chi connectivity index (χ1) is 13.2. The Kier molecular flexibility index (Phi) is 5.74. The molecule has 0 unspecified atom stereocenters. The van der Waals surface area contributed by atoms with Crippen LogP contribution in [0.1, 0.15) is 55.2 Å². The molecule has 2 aromatic rings. The number of aromatic nitrogens is 3. The van der Waals surface area contributed by atoms with Crippen LogP contribution in [-0.2, 0) is 20.1 Å². The molecule has 2 fully saturated rings. The molecule has 1 aromatic heterocycles. The smallest absolute Gasteiger partial charge is 0.146 e. The third-order valence-electron chi connectivity index (χ3n) is 6.00. The number of nitrogens with zero attached hydrogens (tertiary/aromatic N) is 5. The predicted molar refractivity (Wildman–Crippen MR) is 105 cm³/mol. The lowest BCUT2D eigenvalue weighted by atomic mass is 9.96. The number of hydrogen-bond donors (Lipinski definition) is 1. The second kappa shape index (κ2) is 8.40. The summed E-state index contributed by atoms with van der Waals surface area (Å²) < 4.78 is 2.23. The molecule has 0 aliphatic carbocycles. The Morgan fingerprint density at radius 1 is 1.00 bits per heavy atom. The van der Waals surface area contributed by atoms with Gasteiger partial charge in [-0.3, -0.25) is 9.80 Å². The highest BCUT2D eigenvalue weighted by atomic mass is 16.3. The van der Waals surface area contributed by atoms with E-state index in [4.69, 9.17) is 0 Å². The summed E-state index contributed by atoms with van der Waals surface area (Å²) in [7, 11) is 2.13. The zero-order valence-corrected chi connectivity index (χ0v) is 16.3. The minimum atomic E-state index is 0.344. The molecule has 2 aliphatic heterocycles. The molecule has 0 amide bonds. The van der Waals surface area contributed by atoms with Crippen molar-refractivity contribution >= 4 is 0 Å². The van der Waals surface area contributed by atoms with Crippen molar-refractivity contribution in [2.75, 3.05) is 26.2 Å². The van der Waals surface area contributed by atoms with Gasteiger partial charge in [-0.25, -0.2) is 0 Å². The lowest BCUT2D eigenvalue weighted by molar-refractivity contribution is 0.194. The van der Waals surface area contributed by atoms with Crippen LogP contribution in [0.5, 0.6) is 5.75 Å². The number of aromatic hydroxyl groups is 1. The molecule has 4 rings (SSSR count). The Balaban J connectivity index is 1.40. The first kappa shape index (κ1) is 18.4. The molecular formula is C21H31N5O. The van der Waals surface area contributed by atoms with Crippen LogP contribution < -0.4 is 0 Å². The van der Waals surface area contributed by atoms with Crippen LogP contribution in [0.2, 0.25) is 0 Å². The molecule has 146 valence electrons. The van der Waals surface area contributed by atoms with Crippen molar-refractivity contribution in [3.05, 3.63) is 41.5 Å². The van der Waals surface area contributed by atoms with E-state index in [1.165, 1.54) is 50.8 Å². The molecule has 0 bridgehead atoms. The highest BCUT2D eigenvalue weighted by Gasteiger charge is 2.26. The topological polar surface area (TPSA) is 57.4 Å². The van der Waals surface area contributed by atoms with Gasteiger partial charge in [-0.15, -0.1) is 10.2 Å². The Bertz CT molecular complexity index is 753. The van der Waals surface area contributed by atoms with E-state index in [9.17, 15) is 5.11 Å². The largest absolute Gasteiger partial charge is 0.508 e. The highest BCUT2D eigenvalue weighted by Crippen LogP contribution is 2.27. The van der Waals surface area contributed by atoms with Crippen LogP contribution >= 0.6 is 0 Å². The summed E-state index contributed by atoms with van der Waals surface area (Å²) in [5.41, 5.74) is 1.17. The minimum absolute atomic E-state index is 0.344. The van der Waals surface area contributed by atoms with Gasteiger partial charge >= 0.3 is 0 Å². The van der Waals surface area contributed by atoms with Gasteiger partial charge in [0.25, 0.3) is 0 Å². The Hall–Kier alpha value is -1.92. The number of phenolic OH excluding ortho intramolecular Hbond substituents is 1. The molecule has 6 heteroatoms. The van der Waals surface area contributed by atoms with Gasteiger partial charge < -0.3 is 9.67 Å². The van der Waals surface area contributed by atoms with Crippen molar-refractivity contribution in [2.45, 2.75) is 51.1 Å². The average Bonchev–Trinajstić information content (AvgIpc) is 3.03. The molecule has 0 saturated carbocycles. The van der Waals surface area contributed by atoms with E-state index in [0.717, 1.165) is 37.8 Å². The summed E-state index contributed by atoms with van der Waals surface area (Å²) in [5, 5.41) is 18.8.